The molecular formula is C47H79N3O18P2. The lowest BCUT2D eigenvalue weighted by Gasteiger charge is -2.21. The molecular weight excluding hydrogens is 956 g/mol. The highest BCUT2D eigenvalue weighted by Gasteiger charge is 2.46. The summed E-state index contributed by atoms with van der Waals surface area (Å²) in [7, 11) is -11.0. The number of phosphoric acid groups is 2. The minimum atomic E-state index is -5.50. The number of aliphatic hydroxyl groups excluding tert-OH is 5. The number of ether oxygens (including phenoxy) is 3. The molecule has 2 rings (SSSR count). The molecule has 0 aliphatic carbocycles. The van der Waals surface area contributed by atoms with Crippen molar-refractivity contribution < 1.29 is 81.6 Å². The SMILES string of the molecule is CCCCC[C@@H](O)/C=C/C=C\C=C\C=C\[C@@H](O)[C@H](O)CCCC(=O)OC[C@H](COP(=O)(O)OP(=O)(O)OC[C@H]1O[C@@H](n2ccc(N)nc2=O)[C@H](O)[C@@H]1O)OC(=O)CCCCCCCCCCCC(C)C. The number of nitrogen functional groups attached to an aromatic ring is 1. The van der Waals surface area contributed by atoms with Crippen LogP contribution in [0.2, 0.25) is 0 Å². The molecule has 2 unspecified atom stereocenters. The third kappa shape index (κ3) is 28.0. The van der Waals surface area contributed by atoms with E-state index in [0.29, 0.717) is 18.8 Å². The molecule has 1 aliphatic rings. The fourth-order valence-corrected chi connectivity index (χ4v) is 9.11. The van der Waals surface area contributed by atoms with Gasteiger partial charge in [-0.3, -0.25) is 23.2 Å². The Morgan fingerprint density at radius 1 is 0.771 bits per heavy atom. The molecule has 1 saturated heterocycles. The van der Waals surface area contributed by atoms with Crippen molar-refractivity contribution in [1.82, 2.24) is 9.55 Å². The van der Waals surface area contributed by atoms with Crippen LogP contribution in [0.5, 0.6) is 0 Å². The van der Waals surface area contributed by atoms with E-state index in [-0.39, 0.29) is 31.5 Å². The Morgan fingerprint density at radius 3 is 2.00 bits per heavy atom. The van der Waals surface area contributed by atoms with Crippen molar-refractivity contribution in [3.05, 3.63) is 71.4 Å². The van der Waals surface area contributed by atoms with Crippen molar-refractivity contribution in [2.45, 2.75) is 185 Å². The maximum atomic E-state index is 12.8. The Kier molecular flexibility index (Phi) is 31.2. The number of hydrogen-bond donors (Lipinski definition) is 8. The van der Waals surface area contributed by atoms with E-state index in [4.69, 9.17) is 29.0 Å². The maximum Gasteiger partial charge on any atom is 0.481 e. The zero-order chi connectivity index (χ0) is 52.0. The maximum absolute atomic E-state index is 12.8. The molecule has 1 aromatic rings. The first-order chi connectivity index (χ1) is 33.2. The lowest BCUT2D eigenvalue weighted by molar-refractivity contribution is -0.161. The Balaban J connectivity index is 1.90. The van der Waals surface area contributed by atoms with Crippen LogP contribution in [0, 0.1) is 5.92 Å². The molecule has 2 heterocycles. The summed E-state index contributed by atoms with van der Waals surface area (Å²) in [6.07, 6.45) is 17.3. The second-order valence-corrected chi connectivity index (χ2v) is 20.7. The number of aromatic nitrogens is 2. The molecule has 70 heavy (non-hydrogen) atoms. The van der Waals surface area contributed by atoms with Gasteiger partial charge in [-0.25, -0.2) is 13.9 Å². The summed E-state index contributed by atoms with van der Waals surface area (Å²) in [5.74, 6) is -0.943. The van der Waals surface area contributed by atoms with Crippen molar-refractivity contribution in [1.29, 1.82) is 0 Å². The normalized spacial score (nSPS) is 21.1. The Morgan fingerprint density at radius 2 is 1.36 bits per heavy atom. The highest BCUT2D eigenvalue weighted by molar-refractivity contribution is 7.61. The number of carbonyl (C=O) groups is 2. The first-order valence-corrected chi connectivity index (χ1v) is 27.3. The minimum Gasteiger partial charge on any atom is -0.462 e. The number of allylic oxidation sites excluding steroid dienone is 6. The lowest BCUT2D eigenvalue weighted by Crippen LogP contribution is -2.36. The van der Waals surface area contributed by atoms with Gasteiger partial charge in [0.25, 0.3) is 0 Å². The predicted octanol–water partition coefficient (Wildman–Crippen LogP) is 6.16. The van der Waals surface area contributed by atoms with Gasteiger partial charge in [-0.1, -0.05) is 146 Å². The molecule has 0 saturated carbocycles. The van der Waals surface area contributed by atoms with E-state index < -0.39 is 102 Å². The van der Waals surface area contributed by atoms with E-state index in [0.717, 1.165) is 62.1 Å². The van der Waals surface area contributed by atoms with Crippen LogP contribution in [0.15, 0.2) is 65.7 Å². The average Bonchev–Trinajstić information content (AvgIpc) is 3.57. The summed E-state index contributed by atoms with van der Waals surface area (Å²) in [6, 6.07) is 1.23. The van der Waals surface area contributed by atoms with Gasteiger partial charge < -0.3 is 55.3 Å². The summed E-state index contributed by atoms with van der Waals surface area (Å²) < 4.78 is 56.4. The quantitative estimate of drug-likeness (QED) is 0.0159. The van der Waals surface area contributed by atoms with Gasteiger partial charge in [0.2, 0.25) is 0 Å². The van der Waals surface area contributed by atoms with Crippen molar-refractivity contribution in [2.24, 2.45) is 5.92 Å². The average molecular weight is 1040 g/mol. The minimum absolute atomic E-state index is 0.0107. The number of nitrogens with two attached hydrogens (primary N) is 1. The number of aliphatic hydroxyl groups is 5. The van der Waals surface area contributed by atoms with Crippen LogP contribution in [-0.4, -0.2) is 119 Å². The van der Waals surface area contributed by atoms with E-state index in [1.807, 2.05) is 0 Å². The number of nitrogens with zero attached hydrogens (tertiary/aromatic N) is 2. The van der Waals surface area contributed by atoms with E-state index in [2.05, 4.69) is 30.1 Å². The van der Waals surface area contributed by atoms with Gasteiger partial charge in [0.15, 0.2) is 12.3 Å². The Bertz CT molecular complexity index is 1930. The smallest absolute Gasteiger partial charge is 0.462 e. The van der Waals surface area contributed by atoms with Gasteiger partial charge in [-0.05, 0) is 37.7 Å². The molecule has 9 N–H and O–H groups in total. The standard InChI is InChI=1S/C47H79N3O18P2/c1-4-5-17-24-36(51)25-19-14-11-12-15-20-26-38(52)39(53)27-22-29-42(54)63-32-37(66-43(55)28-21-16-10-8-6-7-9-13-18-23-35(2)3)33-64-69(59,60)68-70(61,62)65-34-40-44(56)45(57)46(67-40)50-31-30-41(48)49-47(50)58/h11-12,14-15,19-20,25-26,30-31,35-40,44-46,51-53,56-57H,4-10,13,16-18,21-24,27-29,32-34H2,1-3H3,(H,59,60)(H,61,62)(H2,48,49,58)/b14-11-,15-12+,25-19+,26-20+/t36-,37-,38-,39-,40-,44-,45-,46-/m1/s1. The summed E-state index contributed by atoms with van der Waals surface area (Å²) >= 11 is 0. The molecule has 400 valence electrons. The van der Waals surface area contributed by atoms with Gasteiger partial charge in [0, 0.05) is 19.0 Å². The fourth-order valence-electron chi connectivity index (χ4n) is 7.00. The molecule has 0 spiro atoms. The fraction of sp³-hybridized carbons (Fsp3) is 0.702. The predicted molar refractivity (Wildman–Crippen MR) is 261 cm³/mol. The first kappa shape index (κ1) is 62.7. The van der Waals surface area contributed by atoms with E-state index in [1.165, 1.54) is 37.8 Å². The Labute approximate surface area is 411 Å². The van der Waals surface area contributed by atoms with Crippen LogP contribution >= 0.6 is 15.6 Å². The van der Waals surface area contributed by atoms with Crippen molar-refractivity contribution in [2.75, 3.05) is 25.6 Å². The van der Waals surface area contributed by atoms with Crippen molar-refractivity contribution in [3.8, 4) is 0 Å². The largest absolute Gasteiger partial charge is 0.481 e. The van der Waals surface area contributed by atoms with E-state index in [9.17, 15) is 58.8 Å². The number of esters is 2. The highest BCUT2D eigenvalue weighted by Crippen LogP contribution is 2.60. The third-order valence-corrected chi connectivity index (χ3v) is 13.6. The third-order valence-electron chi connectivity index (χ3n) is 11.0. The number of hydrogen-bond acceptors (Lipinski definition) is 18. The molecule has 1 aliphatic heterocycles. The summed E-state index contributed by atoms with van der Waals surface area (Å²) in [5.41, 5.74) is 4.55. The summed E-state index contributed by atoms with van der Waals surface area (Å²) in [5, 5.41) is 51.5. The van der Waals surface area contributed by atoms with Crippen molar-refractivity contribution in [3.63, 3.8) is 0 Å². The van der Waals surface area contributed by atoms with Gasteiger partial charge in [-0.2, -0.15) is 9.29 Å². The zero-order valence-corrected chi connectivity index (χ0v) is 42.6. The molecule has 0 radical (unpaired) electrons. The summed E-state index contributed by atoms with van der Waals surface area (Å²) in [4.78, 5) is 61.8. The lowest BCUT2D eigenvalue weighted by atomic mass is 10.0. The molecule has 0 aromatic carbocycles. The van der Waals surface area contributed by atoms with Gasteiger partial charge in [0.1, 0.15) is 30.7 Å². The number of unbranched alkanes of at least 4 members (excludes halogenated alkanes) is 10. The second-order valence-electron chi connectivity index (χ2n) is 17.7. The highest BCUT2D eigenvalue weighted by atomic mass is 31.3. The van der Waals surface area contributed by atoms with Crippen LogP contribution in [0.4, 0.5) is 5.82 Å². The van der Waals surface area contributed by atoms with Crippen LogP contribution in [-0.2, 0) is 46.3 Å². The van der Waals surface area contributed by atoms with Gasteiger partial charge in [-0.15, -0.1) is 0 Å². The molecule has 1 aromatic heterocycles. The summed E-state index contributed by atoms with van der Waals surface area (Å²) in [6.45, 7) is 3.94. The molecule has 21 nitrogen and oxygen atoms in total. The van der Waals surface area contributed by atoms with Crippen LogP contribution in [0.1, 0.15) is 143 Å². The molecule has 1 fully saturated rings. The molecule has 0 bridgehead atoms. The number of phosphoric ester groups is 2. The molecule has 10 atom stereocenters. The monoisotopic (exact) mass is 1040 g/mol. The second kappa shape index (κ2) is 34.9. The zero-order valence-electron chi connectivity index (χ0n) is 40.8. The number of anilines is 1. The molecule has 23 heteroatoms. The van der Waals surface area contributed by atoms with Crippen LogP contribution in [0.3, 0.4) is 0 Å². The van der Waals surface area contributed by atoms with E-state index >= 15 is 0 Å². The molecule has 0 amide bonds. The van der Waals surface area contributed by atoms with Crippen molar-refractivity contribution >= 4 is 33.4 Å². The van der Waals surface area contributed by atoms with Crippen LogP contribution < -0.4 is 11.4 Å². The Hall–Kier alpha value is -3.40. The van der Waals surface area contributed by atoms with Gasteiger partial charge in [0.05, 0.1) is 31.5 Å². The van der Waals surface area contributed by atoms with Gasteiger partial charge >= 0.3 is 33.3 Å². The van der Waals surface area contributed by atoms with Crippen LogP contribution in [0.25, 0.3) is 0 Å². The first-order valence-electron chi connectivity index (χ1n) is 24.3. The topological polar surface area (TPSA) is 326 Å². The number of rotatable bonds is 38. The van der Waals surface area contributed by atoms with E-state index in [1.54, 1.807) is 42.5 Å². The number of carbonyl (C=O) groups excluding carboxylic acids is 2.